The Hall–Kier alpha value is -1.88. The number of rotatable bonds is 4. The van der Waals surface area contributed by atoms with Crippen molar-refractivity contribution >= 4 is 23.4 Å². The van der Waals surface area contributed by atoms with Crippen molar-refractivity contribution in [3.8, 4) is 0 Å². The van der Waals surface area contributed by atoms with E-state index in [1.165, 1.54) is 17.8 Å². The molecule has 94 valence electrons. The van der Waals surface area contributed by atoms with Gasteiger partial charge in [0.1, 0.15) is 5.76 Å². The number of hydrogen-bond donors (Lipinski definition) is 2. The zero-order valence-corrected chi connectivity index (χ0v) is 10.7. The molecule has 1 aromatic heterocycles. The number of nitrogen functional groups attached to an aromatic ring is 1. The minimum Gasteiger partial charge on any atom is -0.475 e. The number of nitrogens with two attached hydrogens (primary N) is 1. The number of thioether (sulfide) groups is 1. The zero-order chi connectivity index (χ0) is 13.1. The molecule has 4 nitrogen and oxygen atoms in total. The fourth-order valence-electron chi connectivity index (χ4n) is 1.49. The van der Waals surface area contributed by atoms with Crippen LogP contribution in [0.3, 0.4) is 0 Å². The van der Waals surface area contributed by atoms with Crippen LogP contribution in [0.2, 0.25) is 0 Å². The normalized spacial score (nSPS) is 10.5. The second-order valence-electron chi connectivity index (χ2n) is 3.90. The predicted octanol–water partition coefficient (Wildman–Crippen LogP) is 3.16. The summed E-state index contributed by atoms with van der Waals surface area (Å²) in [5.41, 5.74) is 7.72. The van der Waals surface area contributed by atoms with Gasteiger partial charge in [-0.15, -0.1) is 11.8 Å². The van der Waals surface area contributed by atoms with Crippen LogP contribution in [0.5, 0.6) is 0 Å². The molecule has 0 saturated carbocycles. The van der Waals surface area contributed by atoms with Crippen molar-refractivity contribution < 1.29 is 14.3 Å². The van der Waals surface area contributed by atoms with Crippen LogP contribution in [0.25, 0.3) is 0 Å². The van der Waals surface area contributed by atoms with Crippen LogP contribution in [0, 0.1) is 6.92 Å². The number of carbonyl (C=O) groups is 1. The number of anilines is 1. The Morgan fingerprint density at radius 3 is 2.83 bits per heavy atom. The molecule has 0 radical (unpaired) electrons. The van der Waals surface area contributed by atoms with E-state index < -0.39 is 5.97 Å². The van der Waals surface area contributed by atoms with Gasteiger partial charge in [0, 0.05) is 10.6 Å². The van der Waals surface area contributed by atoms with Gasteiger partial charge in [-0.1, -0.05) is 6.07 Å². The van der Waals surface area contributed by atoms with E-state index in [9.17, 15) is 4.79 Å². The molecule has 2 rings (SSSR count). The fraction of sp³-hybridized carbons (Fsp3) is 0.154. The third kappa shape index (κ3) is 2.87. The minimum atomic E-state index is -1.05. The number of hydrogen-bond acceptors (Lipinski definition) is 4. The topological polar surface area (TPSA) is 76.5 Å². The van der Waals surface area contributed by atoms with Crippen molar-refractivity contribution in [2.24, 2.45) is 0 Å². The number of carboxylic acid groups (broad SMARTS) is 1. The molecule has 0 aliphatic carbocycles. The highest BCUT2D eigenvalue weighted by atomic mass is 32.2. The largest absolute Gasteiger partial charge is 0.475 e. The van der Waals surface area contributed by atoms with Crippen LogP contribution >= 0.6 is 11.8 Å². The molecule has 2 aromatic rings. The third-order valence-corrected chi connectivity index (χ3v) is 3.50. The average Bonchev–Trinajstić information content (AvgIpc) is 2.79. The Labute approximate surface area is 109 Å². The predicted molar refractivity (Wildman–Crippen MR) is 70.8 cm³/mol. The summed E-state index contributed by atoms with van der Waals surface area (Å²) >= 11 is 1.53. The van der Waals surface area contributed by atoms with Crippen molar-refractivity contribution in [3.63, 3.8) is 0 Å². The summed E-state index contributed by atoms with van der Waals surface area (Å²) in [5, 5.41) is 8.74. The SMILES string of the molecule is Cc1ccc(N)c(SCc2ccc(C(=O)O)o2)c1. The minimum absolute atomic E-state index is 0.0391. The lowest BCUT2D eigenvalue weighted by atomic mass is 10.2. The highest BCUT2D eigenvalue weighted by Crippen LogP contribution is 2.29. The van der Waals surface area contributed by atoms with Gasteiger partial charge in [-0.25, -0.2) is 4.79 Å². The lowest BCUT2D eigenvalue weighted by Crippen LogP contribution is -1.92. The van der Waals surface area contributed by atoms with Crippen LogP contribution in [0.4, 0.5) is 5.69 Å². The van der Waals surface area contributed by atoms with Gasteiger partial charge >= 0.3 is 5.97 Å². The van der Waals surface area contributed by atoms with E-state index >= 15 is 0 Å². The molecule has 1 heterocycles. The van der Waals surface area contributed by atoms with Crippen molar-refractivity contribution in [3.05, 3.63) is 47.4 Å². The first-order valence-corrected chi connectivity index (χ1v) is 6.36. The lowest BCUT2D eigenvalue weighted by Gasteiger charge is -2.05. The molecular weight excluding hydrogens is 250 g/mol. The molecule has 0 atom stereocenters. The molecule has 0 fully saturated rings. The maximum atomic E-state index is 10.7. The first-order chi connectivity index (χ1) is 8.56. The molecule has 3 N–H and O–H groups in total. The van der Waals surface area contributed by atoms with E-state index in [0.717, 1.165) is 16.1 Å². The van der Waals surface area contributed by atoms with Gasteiger partial charge < -0.3 is 15.3 Å². The number of benzene rings is 1. The highest BCUT2D eigenvalue weighted by Gasteiger charge is 2.09. The molecule has 0 saturated heterocycles. The molecule has 0 aliphatic heterocycles. The van der Waals surface area contributed by atoms with Crippen LogP contribution in [-0.2, 0) is 5.75 Å². The Balaban J connectivity index is 2.06. The standard InChI is InChI=1S/C13H13NO3S/c1-8-2-4-10(14)12(6-8)18-7-9-3-5-11(17-9)13(15)16/h2-6H,7,14H2,1H3,(H,15,16). The van der Waals surface area contributed by atoms with E-state index in [0.29, 0.717) is 11.5 Å². The van der Waals surface area contributed by atoms with Crippen molar-refractivity contribution in [2.45, 2.75) is 17.6 Å². The van der Waals surface area contributed by atoms with E-state index in [4.69, 9.17) is 15.3 Å². The quantitative estimate of drug-likeness (QED) is 0.654. The van der Waals surface area contributed by atoms with Gasteiger partial charge in [0.05, 0.1) is 5.75 Å². The summed E-state index contributed by atoms with van der Waals surface area (Å²) in [6, 6.07) is 8.94. The van der Waals surface area contributed by atoms with Gasteiger partial charge in [-0.2, -0.15) is 0 Å². The summed E-state index contributed by atoms with van der Waals surface area (Å²) in [6.07, 6.45) is 0. The number of aryl methyl sites for hydroxylation is 1. The van der Waals surface area contributed by atoms with Gasteiger partial charge in [0.2, 0.25) is 5.76 Å². The van der Waals surface area contributed by atoms with Crippen LogP contribution < -0.4 is 5.73 Å². The first-order valence-electron chi connectivity index (χ1n) is 5.37. The monoisotopic (exact) mass is 263 g/mol. The molecule has 0 aliphatic rings. The van der Waals surface area contributed by atoms with Crippen molar-refractivity contribution in [1.82, 2.24) is 0 Å². The first kappa shape index (κ1) is 12.6. The second kappa shape index (κ2) is 5.18. The third-order valence-electron chi connectivity index (χ3n) is 2.41. The fourth-order valence-corrected chi connectivity index (χ4v) is 2.44. The van der Waals surface area contributed by atoms with Crippen LogP contribution in [0.1, 0.15) is 21.9 Å². The maximum absolute atomic E-state index is 10.7. The Bertz CT molecular complexity index is 577. The summed E-state index contributed by atoms with van der Waals surface area (Å²) in [7, 11) is 0. The Morgan fingerprint density at radius 1 is 1.39 bits per heavy atom. The molecular formula is C13H13NO3S. The molecule has 0 unspecified atom stereocenters. The van der Waals surface area contributed by atoms with Gasteiger partial charge in [0.15, 0.2) is 0 Å². The molecule has 0 amide bonds. The summed E-state index contributed by atoms with van der Waals surface area (Å²) in [5.74, 6) is 0.0865. The van der Waals surface area contributed by atoms with Crippen LogP contribution in [-0.4, -0.2) is 11.1 Å². The molecule has 1 aromatic carbocycles. The van der Waals surface area contributed by atoms with Crippen molar-refractivity contribution in [2.75, 3.05) is 5.73 Å². The van der Waals surface area contributed by atoms with Gasteiger partial charge in [-0.3, -0.25) is 0 Å². The molecule has 5 heteroatoms. The second-order valence-corrected chi connectivity index (χ2v) is 4.92. The Morgan fingerprint density at radius 2 is 2.17 bits per heavy atom. The number of carboxylic acids is 1. The van der Waals surface area contributed by atoms with E-state index in [1.807, 2.05) is 25.1 Å². The average molecular weight is 263 g/mol. The van der Waals surface area contributed by atoms with Crippen LogP contribution in [0.15, 0.2) is 39.6 Å². The van der Waals surface area contributed by atoms with Gasteiger partial charge in [0.25, 0.3) is 0 Å². The molecule has 18 heavy (non-hydrogen) atoms. The number of furan rings is 1. The molecule has 0 bridgehead atoms. The lowest BCUT2D eigenvalue weighted by molar-refractivity contribution is 0.0661. The van der Waals surface area contributed by atoms with E-state index in [-0.39, 0.29) is 5.76 Å². The summed E-state index contributed by atoms with van der Waals surface area (Å²) in [6.45, 7) is 2.00. The molecule has 0 spiro atoms. The van der Waals surface area contributed by atoms with E-state index in [2.05, 4.69) is 0 Å². The zero-order valence-electron chi connectivity index (χ0n) is 9.84. The smallest absolute Gasteiger partial charge is 0.371 e. The van der Waals surface area contributed by atoms with Crippen molar-refractivity contribution in [1.29, 1.82) is 0 Å². The number of aromatic carboxylic acids is 1. The maximum Gasteiger partial charge on any atom is 0.371 e. The summed E-state index contributed by atoms with van der Waals surface area (Å²) in [4.78, 5) is 11.6. The van der Waals surface area contributed by atoms with E-state index in [1.54, 1.807) is 6.07 Å². The summed E-state index contributed by atoms with van der Waals surface area (Å²) < 4.78 is 5.18. The highest BCUT2D eigenvalue weighted by molar-refractivity contribution is 7.98. The Kier molecular flexibility index (Phi) is 3.62. The van der Waals surface area contributed by atoms with Gasteiger partial charge in [-0.05, 0) is 36.8 Å².